The molecule has 1 aromatic carbocycles. The highest BCUT2D eigenvalue weighted by molar-refractivity contribution is 6.31. The molecule has 6 heteroatoms. The zero-order valence-electron chi connectivity index (χ0n) is 11.9. The standard InChI is InChI=1S/C15H20ClN3O2/c16-11-6-7-13(12(17)9-11)18-14(20)10-19-8-4-2-1-3-5-15(19)21/h6-7,9H,1-5,8,10,17H2,(H,18,20). The van der Waals surface area contributed by atoms with E-state index in [9.17, 15) is 9.59 Å². The lowest BCUT2D eigenvalue weighted by atomic mass is 10.1. The first-order valence-electron chi connectivity index (χ1n) is 7.19. The molecule has 0 saturated carbocycles. The Labute approximate surface area is 129 Å². The maximum Gasteiger partial charge on any atom is 0.244 e. The number of nitrogens with two attached hydrogens (primary N) is 1. The highest BCUT2D eigenvalue weighted by atomic mass is 35.5. The number of carbonyl (C=O) groups is 2. The summed E-state index contributed by atoms with van der Waals surface area (Å²) in [5, 5.41) is 3.24. The average Bonchev–Trinajstić information content (AvgIpc) is 2.42. The minimum absolute atomic E-state index is 0.0499. The summed E-state index contributed by atoms with van der Waals surface area (Å²) >= 11 is 5.82. The van der Waals surface area contributed by atoms with E-state index in [-0.39, 0.29) is 18.4 Å². The van der Waals surface area contributed by atoms with Crippen molar-refractivity contribution in [2.45, 2.75) is 32.1 Å². The molecule has 114 valence electrons. The number of nitrogens with one attached hydrogen (secondary N) is 1. The molecule has 0 unspecified atom stereocenters. The van der Waals surface area contributed by atoms with Crippen molar-refractivity contribution >= 4 is 34.8 Å². The third kappa shape index (κ3) is 4.63. The van der Waals surface area contributed by atoms with Gasteiger partial charge in [-0.3, -0.25) is 9.59 Å². The summed E-state index contributed by atoms with van der Waals surface area (Å²) in [5.41, 5.74) is 6.73. The number of nitrogens with zero attached hydrogens (tertiary/aromatic N) is 1. The number of rotatable bonds is 3. The van der Waals surface area contributed by atoms with Crippen molar-refractivity contribution in [1.29, 1.82) is 0 Å². The number of carbonyl (C=O) groups excluding carboxylic acids is 2. The van der Waals surface area contributed by atoms with Gasteiger partial charge >= 0.3 is 0 Å². The third-order valence-electron chi connectivity index (χ3n) is 3.54. The fraction of sp³-hybridized carbons (Fsp3) is 0.467. The highest BCUT2D eigenvalue weighted by Crippen LogP contribution is 2.22. The van der Waals surface area contributed by atoms with Crippen LogP contribution in [0.1, 0.15) is 32.1 Å². The zero-order chi connectivity index (χ0) is 15.2. The number of halogens is 1. The van der Waals surface area contributed by atoms with E-state index in [1.807, 2.05) is 0 Å². The molecular weight excluding hydrogens is 290 g/mol. The van der Waals surface area contributed by atoms with Crippen LogP contribution >= 0.6 is 11.6 Å². The molecule has 1 aromatic rings. The van der Waals surface area contributed by atoms with Gasteiger partial charge in [0.15, 0.2) is 0 Å². The maximum absolute atomic E-state index is 12.1. The van der Waals surface area contributed by atoms with Crippen molar-refractivity contribution in [3.8, 4) is 0 Å². The SMILES string of the molecule is Nc1cc(Cl)ccc1NC(=O)CN1CCCCCCC1=O. The second kappa shape index (κ2) is 7.31. The van der Waals surface area contributed by atoms with Crippen LogP contribution in [-0.2, 0) is 9.59 Å². The minimum Gasteiger partial charge on any atom is -0.397 e. The van der Waals surface area contributed by atoms with E-state index in [4.69, 9.17) is 17.3 Å². The molecule has 3 N–H and O–H groups in total. The highest BCUT2D eigenvalue weighted by Gasteiger charge is 2.18. The first kappa shape index (κ1) is 15.6. The molecule has 0 radical (unpaired) electrons. The van der Waals surface area contributed by atoms with Crippen LogP contribution < -0.4 is 11.1 Å². The van der Waals surface area contributed by atoms with Crippen LogP contribution in [0.4, 0.5) is 11.4 Å². The molecular formula is C15H20ClN3O2. The van der Waals surface area contributed by atoms with Crippen LogP contribution in [0, 0.1) is 0 Å². The van der Waals surface area contributed by atoms with Gasteiger partial charge in [-0.05, 0) is 31.0 Å². The van der Waals surface area contributed by atoms with E-state index in [0.717, 1.165) is 25.7 Å². The Hall–Kier alpha value is -1.75. The van der Waals surface area contributed by atoms with E-state index < -0.39 is 0 Å². The lowest BCUT2D eigenvalue weighted by Gasteiger charge is -2.24. The van der Waals surface area contributed by atoms with Crippen molar-refractivity contribution in [1.82, 2.24) is 4.90 Å². The molecule has 1 saturated heterocycles. The van der Waals surface area contributed by atoms with Gasteiger partial charge in [0.25, 0.3) is 0 Å². The first-order chi connectivity index (χ1) is 10.1. The number of hydrogen-bond donors (Lipinski definition) is 2. The number of hydrogen-bond acceptors (Lipinski definition) is 3. The number of nitrogen functional groups attached to an aromatic ring is 1. The predicted octanol–water partition coefficient (Wildman–Crippen LogP) is 2.65. The summed E-state index contributed by atoms with van der Waals surface area (Å²) in [4.78, 5) is 25.7. The van der Waals surface area contributed by atoms with E-state index in [1.165, 1.54) is 0 Å². The topological polar surface area (TPSA) is 75.4 Å². The molecule has 21 heavy (non-hydrogen) atoms. The zero-order valence-corrected chi connectivity index (χ0v) is 12.7. The van der Waals surface area contributed by atoms with Gasteiger partial charge in [0, 0.05) is 18.0 Å². The van der Waals surface area contributed by atoms with Gasteiger partial charge in [0.2, 0.25) is 11.8 Å². The predicted molar refractivity (Wildman–Crippen MR) is 84.2 cm³/mol. The van der Waals surface area contributed by atoms with Gasteiger partial charge < -0.3 is 16.0 Å². The molecule has 2 amide bonds. The Morgan fingerprint density at radius 2 is 2.05 bits per heavy atom. The van der Waals surface area contributed by atoms with Gasteiger partial charge in [-0.25, -0.2) is 0 Å². The second-order valence-electron chi connectivity index (χ2n) is 5.26. The molecule has 0 aromatic heterocycles. The van der Waals surface area contributed by atoms with Crippen LogP contribution in [-0.4, -0.2) is 29.8 Å². The van der Waals surface area contributed by atoms with E-state index in [2.05, 4.69) is 5.32 Å². The largest absolute Gasteiger partial charge is 0.397 e. The van der Waals surface area contributed by atoms with E-state index >= 15 is 0 Å². The molecule has 0 aliphatic carbocycles. The smallest absolute Gasteiger partial charge is 0.244 e. The van der Waals surface area contributed by atoms with E-state index in [0.29, 0.717) is 29.4 Å². The number of amides is 2. The lowest BCUT2D eigenvalue weighted by molar-refractivity contribution is -0.135. The van der Waals surface area contributed by atoms with Crippen LogP contribution in [0.15, 0.2) is 18.2 Å². The Kier molecular flexibility index (Phi) is 5.44. The van der Waals surface area contributed by atoms with Gasteiger partial charge in [0.05, 0.1) is 17.9 Å². The minimum atomic E-state index is -0.238. The maximum atomic E-state index is 12.1. The molecule has 1 aliphatic heterocycles. The first-order valence-corrected chi connectivity index (χ1v) is 7.57. The molecule has 1 aliphatic rings. The van der Waals surface area contributed by atoms with Crippen molar-refractivity contribution < 1.29 is 9.59 Å². The Balaban J connectivity index is 1.95. The van der Waals surface area contributed by atoms with Gasteiger partial charge in [-0.15, -0.1) is 0 Å². The van der Waals surface area contributed by atoms with Crippen LogP contribution in [0.5, 0.6) is 0 Å². The molecule has 5 nitrogen and oxygen atoms in total. The second-order valence-corrected chi connectivity index (χ2v) is 5.70. The van der Waals surface area contributed by atoms with Crippen LogP contribution in [0.25, 0.3) is 0 Å². The Morgan fingerprint density at radius 3 is 2.81 bits per heavy atom. The summed E-state index contributed by atoms with van der Waals surface area (Å²) in [6, 6.07) is 4.90. The molecule has 0 atom stereocenters. The monoisotopic (exact) mass is 309 g/mol. The fourth-order valence-electron chi connectivity index (χ4n) is 2.39. The van der Waals surface area contributed by atoms with Crippen molar-refractivity contribution in [3.63, 3.8) is 0 Å². The normalized spacial score (nSPS) is 16.2. The fourth-order valence-corrected chi connectivity index (χ4v) is 2.57. The summed E-state index contributed by atoms with van der Waals surface area (Å²) in [6.45, 7) is 0.712. The number of anilines is 2. The van der Waals surface area contributed by atoms with Crippen molar-refractivity contribution in [3.05, 3.63) is 23.2 Å². The summed E-state index contributed by atoms with van der Waals surface area (Å²) in [5.74, 6) is -0.188. The van der Waals surface area contributed by atoms with Gasteiger partial charge in [-0.2, -0.15) is 0 Å². The lowest BCUT2D eigenvalue weighted by Crippen LogP contribution is -2.39. The van der Waals surface area contributed by atoms with Gasteiger partial charge in [0.1, 0.15) is 0 Å². The Bertz CT molecular complexity index is 534. The molecule has 0 spiro atoms. The van der Waals surface area contributed by atoms with E-state index in [1.54, 1.807) is 23.1 Å². The van der Waals surface area contributed by atoms with Crippen LogP contribution in [0.2, 0.25) is 5.02 Å². The average molecular weight is 310 g/mol. The number of likely N-dealkylation sites (tertiary alicyclic amines) is 1. The third-order valence-corrected chi connectivity index (χ3v) is 3.78. The summed E-state index contributed by atoms with van der Waals surface area (Å²) in [6.07, 6.45) is 4.57. The molecule has 1 heterocycles. The molecule has 1 fully saturated rings. The van der Waals surface area contributed by atoms with Crippen molar-refractivity contribution in [2.24, 2.45) is 0 Å². The summed E-state index contributed by atoms with van der Waals surface area (Å²) in [7, 11) is 0. The summed E-state index contributed by atoms with van der Waals surface area (Å²) < 4.78 is 0. The van der Waals surface area contributed by atoms with Crippen LogP contribution in [0.3, 0.4) is 0 Å². The molecule has 0 bridgehead atoms. The number of benzene rings is 1. The quantitative estimate of drug-likeness (QED) is 0.843. The Morgan fingerprint density at radius 1 is 1.29 bits per heavy atom. The van der Waals surface area contributed by atoms with Gasteiger partial charge in [-0.1, -0.05) is 24.4 Å². The van der Waals surface area contributed by atoms with Crippen molar-refractivity contribution in [2.75, 3.05) is 24.1 Å². The molecule has 2 rings (SSSR count).